The zero-order valence-electron chi connectivity index (χ0n) is 14.1. The summed E-state index contributed by atoms with van der Waals surface area (Å²) < 4.78 is 0. The Labute approximate surface area is 146 Å². The average Bonchev–Trinajstić information content (AvgIpc) is 3.27. The number of hydrogen-bond acceptors (Lipinski definition) is 4. The van der Waals surface area contributed by atoms with Gasteiger partial charge in [-0.15, -0.1) is 0 Å². The Morgan fingerprint density at radius 2 is 2.16 bits per heavy atom. The van der Waals surface area contributed by atoms with E-state index in [1.54, 1.807) is 0 Å². The van der Waals surface area contributed by atoms with Gasteiger partial charge in [-0.2, -0.15) is 0 Å². The Morgan fingerprint density at radius 3 is 2.88 bits per heavy atom. The van der Waals surface area contributed by atoms with Gasteiger partial charge in [-0.1, -0.05) is 37.8 Å². The molecule has 1 fully saturated rings. The molecule has 0 bridgehead atoms. The van der Waals surface area contributed by atoms with Gasteiger partial charge in [0, 0.05) is 0 Å². The second-order valence-electron chi connectivity index (χ2n) is 6.73. The standard InChI is InChI=1S/C18H24N4O3/c23-12-22(25)11-14(9-13-5-1-2-6-13)18(24)19-10-17-20-15-7-3-4-8-16(15)21-17/h3-4,7-8,12-14,25H,1-2,5-6,9-11H2,(H,19,24)(H,20,21). The van der Waals surface area contributed by atoms with E-state index in [1.807, 2.05) is 24.3 Å². The predicted octanol–water partition coefficient (Wildman–Crippen LogP) is 2.22. The van der Waals surface area contributed by atoms with E-state index in [1.165, 1.54) is 12.8 Å². The molecule has 1 unspecified atom stereocenters. The fourth-order valence-electron chi connectivity index (χ4n) is 3.59. The summed E-state index contributed by atoms with van der Waals surface area (Å²) in [7, 11) is 0. The molecule has 7 heteroatoms. The Hall–Kier alpha value is -2.41. The van der Waals surface area contributed by atoms with Crippen molar-refractivity contribution in [2.24, 2.45) is 11.8 Å². The minimum absolute atomic E-state index is 0.0198. The fourth-order valence-corrected chi connectivity index (χ4v) is 3.59. The summed E-state index contributed by atoms with van der Waals surface area (Å²) in [4.78, 5) is 30.9. The molecule has 7 nitrogen and oxygen atoms in total. The molecule has 2 amide bonds. The average molecular weight is 344 g/mol. The predicted molar refractivity (Wildman–Crippen MR) is 92.6 cm³/mol. The minimum atomic E-state index is -0.414. The number of fused-ring (bicyclic) bond motifs is 1. The van der Waals surface area contributed by atoms with Crippen LogP contribution in [0.2, 0.25) is 0 Å². The lowest BCUT2D eigenvalue weighted by molar-refractivity contribution is -0.155. The second kappa shape index (κ2) is 8.11. The molecule has 25 heavy (non-hydrogen) atoms. The van der Waals surface area contributed by atoms with Crippen molar-refractivity contribution in [3.05, 3.63) is 30.1 Å². The van der Waals surface area contributed by atoms with Crippen molar-refractivity contribution in [1.29, 1.82) is 0 Å². The van der Waals surface area contributed by atoms with Crippen molar-refractivity contribution in [1.82, 2.24) is 20.3 Å². The molecule has 1 saturated carbocycles. The monoisotopic (exact) mass is 344 g/mol. The number of amides is 2. The summed E-state index contributed by atoms with van der Waals surface area (Å²) >= 11 is 0. The van der Waals surface area contributed by atoms with E-state index in [0.717, 1.165) is 23.9 Å². The van der Waals surface area contributed by atoms with Gasteiger partial charge in [0.2, 0.25) is 12.3 Å². The molecule has 0 saturated heterocycles. The second-order valence-corrected chi connectivity index (χ2v) is 6.73. The van der Waals surface area contributed by atoms with Gasteiger partial charge in [0.25, 0.3) is 0 Å². The largest absolute Gasteiger partial charge is 0.349 e. The fraction of sp³-hybridized carbons (Fsp3) is 0.500. The van der Waals surface area contributed by atoms with Crippen LogP contribution in [0.15, 0.2) is 24.3 Å². The highest BCUT2D eigenvalue weighted by Gasteiger charge is 2.26. The minimum Gasteiger partial charge on any atom is -0.349 e. The molecule has 0 radical (unpaired) electrons. The molecule has 0 aliphatic heterocycles. The van der Waals surface area contributed by atoms with Crippen LogP contribution in [0.5, 0.6) is 0 Å². The summed E-state index contributed by atoms with van der Waals surface area (Å²) in [6.45, 7) is 0.313. The summed E-state index contributed by atoms with van der Waals surface area (Å²) in [5.74, 6) is 0.600. The number of aromatic nitrogens is 2. The van der Waals surface area contributed by atoms with Crippen LogP contribution in [-0.2, 0) is 16.1 Å². The maximum atomic E-state index is 12.6. The number of carbonyl (C=O) groups is 2. The molecule has 3 rings (SSSR count). The number of hydrogen-bond donors (Lipinski definition) is 3. The van der Waals surface area contributed by atoms with Crippen LogP contribution < -0.4 is 5.32 Å². The van der Waals surface area contributed by atoms with Gasteiger partial charge < -0.3 is 10.3 Å². The van der Waals surface area contributed by atoms with E-state index in [9.17, 15) is 14.8 Å². The first kappa shape index (κ1) is 17.4. The van der Waals surface area contributed by atoms with Gasteiger partial charge in [-0.3, -0.25) is 14.8 Å². The maximum absolute atomic E-state index is 12.6. The van der Waals surface area contributed by atoms with Gasteiger partial charge >= 0.3 is 0 Å². The maximum Gasteiger partial charge on any atom is 0.233 e. The van der Waals surface area contributed by atoms with Crippen molar-refractivity contribution < 1.29 is 14.8 Å². The number of para-hydroxylation sites is 2. The number of carbonyl (C=O) groups excluding carboxylic acids is 2. The Kier molecular flexibility index (Phi) is 5.65. The van der Waals surface area contributed by atoms with Crippen molar-refractivity contribution >= 4 is 23.4 Å². The topological polar surface area (TPSA) is 98.3 Å². The summed E-state index contributed by atoms with van der Waals surface area (Å²) in [6.07, 6.45) is 5.63. The van der Waals surface area contributed by atoms with Crippen LogP contribution >= 0.6 is 0 Å². The smallest absolute Gasteiger partial charge is 0.233 e. The number of H-pyrrole nitrogens is 1. The normalized spacial score (nSPS) is 16.0. The molecule has 2 aromatic rings. The van der Waals surface area contributed by atoms with E-state index in [2.05, 4.69) is 15.3 Å². The first-order chi connectivity index (χ1) is 12.2. The third kappa shape index (κ3) is 4.57. The number of benzene rings is 1. The van der Waals surface area contributed by atoms with E-state index in [0.29, 0.717) is 36.2 Å². The number of nitrogens with one attached hydrogen (secondary N) is 2. The van der Waals surface area contributed by atoms with E-state index >= 15 is 0 Å². The Morgan fingerprint density at radius 1 is 1.40 bits per heavy atom. The number of hydroxylamine groups is 2. The molecule has 134 valence electrons. The molecular weight excluding hydrogens is 320 g/mol. The lowest BCUT2D eigenvalue weighted by Gasteiger charge is -2.22. The zero-order chi connectivity index (χ0) is 17.6. The van der Waals surface area contributed by atoms with Crippen LogP contribution in [0.1, 0.15) is 37.9 Å². The van der Waals surface area contributed by atoms with Gasteiger partial charge in [0.1, 0.15) is 5.82 Å². The van der Waals surface area contributed by atoms with Gasteiger partial charge in [0.05, 0.1) is 30.0 Å². The molecule has 1 heterocycles. The summed E-state index contributed by atoms with van der Waals surface area (Å²) in [5, 5.41) is 12.9. The van der Waals surface area contributed by atoms with E-state index < -0.39 is 5.92 Å². The first-order valence-electron chi connectivity index (χ1n) is 8.78. The lowest BCUT2D eigenvalue weighted by Crippen LogP contribution is -2.38. The Bertz CT molecular complexity index is 691. The molecule has 1 atom stereocenters. The van der Waals surface area contributed by atoms with Crippen molar-refractivity contribution in [2.45, 2.75) is 38.6 Å². The lowest BCUT2D eigenvalue weighted by atomic mass is 9.92. The molecule has 1 aromatic carbocycles. The van der Waals surface area contributed by atoms with Crippen LogP contribution in [0.25, 0.3) is 11.0 Å². The molecule has 1 aliphatic rings. The van der Waals surface area contributed by atoms with Crippen LogP contribution in [0, 0.1) is 11.8 Å². The third-order valence-corrected chi connectivity index (χ3v) is 4.86. The number of rotatable bonds is 8. The summed E-state index contributed by atoms with van der Waals surface area (Å²) in [5.41, 5.74) is 1.79. The molecule has 1 aromatic heterocycles. The van der Waals surface area contributed by atoms with Crippen LogP contribution in [0.3, 0.4) is 0 Å². The Balaban J connectivity index is 1.60. The highest BCUT2D eigenvalue weighted by Crippen LogP contribution is 2.30. The van der Waals surface area contributed by atoms with E-state index in [-0.39, 0.29) is 12.5 Å². The summed E-state index contributed by atoms with van der Waals surface area (Å²) in [6, 6.07) is 7.69. The molecule has 3 N–H and O–H groups in total. The highest BCUT2D eigenvalue weighted by molar-refractivity contribution is 5.79. The van der Waals surface area contributed by atoms with Crippen molar-refractivity contribution in [3.8, 4) is 0 Å². The van der Waals surface area contributed by atoms with Gasteiger partial charge in [-0.25, -0.2) is 10.0 Å². The highest BCUT2D eigenvalue weighted by atomic mass is 16.5. The molecular formula is C18H24N4O3. The van der Waals surface area contributed by atoms with Gasteiger partial charge in [0.15, 0.2) is 0 Å². The van der Waals surface area contributed by atoms with Crippen molar-refractivity contribution in [3.63, 3.8) is 0 Å². The zero-order valence-corrected chi connectivity index (χ0v) is 14.1. The third-order valence-electron chi connectivity index (χ3n) is 4.86. The number of aromatic amines is 1. The first-order valence-corrected chi connectivity index (χ1v) is 8.78. The number of nitrogens with zero attached hydrogens (tertiary/aromatic N) is 2. The molecule has 0 spiro atoms. The van der Waals surface area contributed by atoms with Gasteiger partial charge in [-0.05, 0) is 24.5 Å². The quantitative estimate of drug-likeness (QED) is 0.388. The van der Waals surface area contributed by atoms with Crippen molar-refractivity contribution in [2.75, 3.05) is 6.54 Å². The molecule has 1 aliphatic carbocycles. The van der Waals surface area contributed by atoms with Crippen LogP contribution in [-0.4, -0.2) is 39.1 Å². The SMILES string of the molecule is O=CN(O)CC(CC1CCCC1)C(=O)NCc1nc2ccccc2[nH]1. The van der Waals surface area contributed by atoms with Crippen LogP contribution in [0.4, 0.5) is 0 Å². The number of imidazole rings is 1. The van der Waals surface area contributed by atoms with E-state index in [4.69, 9.17) is 0 Å².